The van der Waals surface area contributed by atoms with Crippen LogP contribution in [-0.4, -0.2) is 23.0 Å². The molecule has 0 spiro atoms. The van der Waals surface area contributed by atoms with Gasteiger partial charge in [0.15, 0.2) is 0 Å². The lowest BCUT2D eigenvalue weighted by Gasteiger charge is -2.13. The molecule has 0 aromatic carbocycles. The second-order valence-electron chi connectivity index (χ2n) is 3.87. The Bertz CT molecular complexity index is 238. The molecule has 0 saturated heterocycles. The Morgan fingerprint density at radius 3 is 2.29 bits per heavy atom. The zero-order valence-corrected chi connectivity index (χ0v) is 7.98. The molecule has 5 N–H and O–H groups in total. The molecule has 0 bridgehead atoms. The van der Waals surface area contributed by atoms with Gasteiger partial charge in [0, 0.05) is 5.92 Å². The van der Waals surface area contributed by atoms with E-state index in [0.717, 1.165) is 12.8 Å². The second-order valence-corrected chi connectivity index (χ2v) is 3.87. The Hall–Kier alpha value is -1.10. The minimum atomic E-state index is -1.02. The first-order valence-corrected chi connectivity index (χ1v) is 4.80. The van der Waals surface area contributed by atoms with Crippen LogP contribution < -0.4 is 11.5 Å². The number of hydrogen-bond acceptors (Lipinski definition) is 3. The number of hydrogen-bond donors (Lipinski definition) is 3. The van der Waals surface area contributed by atoms with Gasteiger partial charge in [-0.15, -0.1) is 0 Å². The van der Waals surface area contributed by atoms with E-state index in [1.165, 1.54) is 0 Å². The summed E-state index contributed by atoms with van der Waals surface area (Å²) in [5.74, 6) is -1.16. The van der Waals surface area contributed by atoms with Gasteiger partial charge in [-0.2, -0.15) is 0 Å². The number of primary amides is 1. The summed E-state index contributed by atoms with van der Waals surface area (Å²) in [6.45, 7) is 0. The lowest BCUT2D eigenvalue weighted by Crippen LogP contribution is -2.33. The fourth-order valence-electron chi connectivity index (χ4n) is 1.59. The number of carboxylic acids is 1. The van der Waals surface area contributed by atoms with Crippen molar-refractivity contribution < 1.29 is 14.7 Å². The lowest BCUT2D eigenvalue weighted by molar-refractivity contribution is -0.139. The zero-order chi connectivity index (χ0) is 10.7. The van der Waals surface area contributed by atoms with Crippen LogP contribution in [0.15, 0.2) is 0 Å². The first-order valence-electron chi connectivity index (χ1n) is 4.80. The fraction of sp³-hybridized carbons (Fsp3) is 0.778. The van der Waals surface area contributed by atoms with Crippen LogP contribution in [0.1, 0.15) is 25.7 Å². The number of carboxylic acid groups (broad SMARTS) is 1. The molecule has 0 aromatic rings. The number of carbonyl (C=O) groups excluding carboxylic acids is 1. The summed E-state index contributed by atoms with van der Waals surface area (Å²) in [5, 5.41) is 8.55. The lowest BCUT2D eigenvalue weighted by atomic mass is 9.95. The molecule has 80 valence electrons. The largest absolute Gasteiger partial charge is 0.480 e. The number of amides is 1. The van der Waals surface area contributed by atoms with E-state index in [1.54, 1.807) is 0 Å². The molecule has 5 nitrogen and oxygen atoms in total. The summed E-state index contributed by atoms with van der Waals surface area (Å²) in [5.41, 5.74) is 10.5. The van der Waals surface area contributed by atoms with Crippen molar-refractivity contribution >= 4 is 11.9 Å². The topological polar surface area (TPSA) is 106 Å². The predicted molar refractivity (Wildman–Crippen MR) is 50.3 cm³/mol. The van der Waals surface area contributed by atoms with Crippen molar-refractivity contribution in [2.45, 2.75) is 31.7 Å². The van der Waals surface area contributed by atoms with Crippen LogP contribution in [-0.2, 0) is 9.59 Å². The Kier molecular flexibility index (Phi) is 3.46. The quantitative estimate of drug-likeness (QED) is 0.546. The molecule has 2 atom stereocenters. The van der Waals surface area contributed by atoms with Gasteiger partial charge >= 0.3 is 5.97 Å². The van der Waals surface area contributed by atoms with E-state index in [2.05, 4.69) is 0 Å². The molecule has 1 saturated carbocycles. The smallest absolute Gasteiger partial charge is 0.320 e. The fourth-order valence-corrected chi connectivity index (χ4v) is 1.59. The van der Waals surface area contributed by atoms with Crippen LogP contribution in [0.25, 0.3) is 0 Å². The van der Waals surface area contributed by atoms with E-state index in [9.17, 15) is 9.59 Å². The molecule has 0 aliphatic heterocycles. The summed E-state index contributed by atoms with van der Waals surface area (Å²) >= 11 is 0. The first kappa shape index (κ1) is 11.0. The Labute approximate surface area is 82.5 Å². The third-order valence-electron chi connectivity index (χ3n) is 2.66. The summed E-state index contributed by atoms with van der Waals surface area (Å²) in [6.07, 6.45) is 2.86. The van der Waals surface area contributed by atoms with Gasteiger partial charge in [0.25, 0.3) is 0 Å². The highest BCUT2D eigenvalue weighted by molar-refractivity contribution is 5.77. The summed E-state index contributed by atoms with van der Waals surface area (Å²) in [7, 11) is 0. The van der Waals surface area contributed by atoms with E-state index in [0.29, 0.717) is 18.8 Å². The van der Waals surface area contributed by atoms with Crippen LogP contribution in [0.2, 0.25) is 0 Å². The third kappa shape index (κ3) is 2.99. The van der Waals surface area contributed by atoms with Gasteiger partial charge in [0.1, 0.15) is 6.04 Å². The van der Waals surface area contributed by atoms with E-state index >= 15 is 0 Å². The van der Waals surface area contributed by atoms with E-state index in [4.69, 9.17) is 16.6 Å². The van der Waals surface area contributed by atoms with Crippen LogP contribution in [0, 0.1) is 11.8 Å². The normalized spacial score (nSPS) is 20.1. The van der Waals surface area contributed by atoms with Crippen molar-refractivity contribution in [3.63, 3.8) is 0 Å². The average Bonchev–Trinajstić information content (AvgIpc) is 2.87. The number of nitrogens with two attached hydrogens (primary N) is 2. The molecule has 0 heterocycles. The predicted octanol–water partition coefficient (Wildman–Crippen LogP) is -0.310. The van der Waals surface area contributed by atoms with Crippen LogP contribution in [0.3, 0.4) is 0 Å². The molecule has 2 unspecified atom stereocenters. The number of aliphatic carboxylic acids is 1. The molecule has 1 rings (SSSR count). The highest BCUT2D eigenvalue weighted by Gasteiger charge is 2.35. The minimum absolute atomic E-state index is 0.180. The number of rotatable bonds is 6. The molecule has 1 fully saturated rings. The van der Waals surface area contributed by atoms with Crippen LogP contribution in [0.5, 0.6) is 0 Å². The van der Waals surface area contributed by atoms with Crippen molar-refractivity contribution in [2.24, 2.45) is 23.3 Å². The van der Waals surface area contributed by atoms with Gasteiger partial charge < -0.3 is 16.6 Å². The molecule has 0 radical (unpaired) electrons. The molecule has 5 heteroatoms. The molecular formula is C9H16N2O3. The molecule has 1 aliphatic carbocycles. The van der Waals surface area contributed by atoms with Gasteiger partial charge in [-0.05, 0) is 31.6 Å². The van der Waals surface area contributed by atoms with Crippen molar-refractivity contribution in [1.82, 2.24) is 0 Å². The maximum Gasteiger partial charge on any atom is 0.320 e. The van der Waals surface area contributed by atoms with Crippen molar-refractivity contribution in [2.75, 3.05) is 0 Å². The maximum absolute atomic E-state index is 11.0. The first-order chi connectivity index (χ1) is 6.52. The van der Waals surface area contributed by atoms with Gasteiger partial charge in [-0.3, -0.25) is 9.59 Å². The van der Waals surface area contributed by atoms with Crippen molar-refractivity contribution in [3.8, 4) is 0 Å². The standard InChI is InChI=1S/C9H16N2O3/c10-7(9(13)14)4-3-6(8(11)12)5-1-2-5/h5-7H,1-4,10H2,(H2,11,12)(H,13,14). The van der Waals surface area contributed by atoms with Gasteiger partial charge in [-0.1, -0.05) is 0 Å². The molecule has 0 aromatic heterocycles. The van der Waals surface area contributed by atoms with Crippen LogP contribution in [0.4, 0.5) is 0 Å². The van der Waals surface area contributed by atoms with Crippen LogP contribution >= 0.6 is 0 Å². The Balaban J connectivity index is 2.33. The molecule has 1 amide bonds. The van der Waals surface area contributed by atoms with E-state index < -0.39 is 12.0 Å². The van der Waals surface area contributed by atoms with Gasteiger partial charge in [0.2, 0.25) is 5.91 Å². The van der Waals surface area contributed by atoms with Gasteiger partial charge in [-0.25, -0.2) is 0 Å². The molecule has 1 aliphatic rings. The molecule has 14 heavy (non-hydrogen) atoms. The average molecular weight is 200 g/mol. The van der Waals surface area contributed by atoms with E-state index in [1.807, 2.05) is 0 Å². The summed E-state index contributed by atoms with van der Waals surface area (Å²) in [6, 6.07) is -0.879. The van der Waals surface area contributed by atoms with Gasteiger partial charge in [0.05, 0.1) is 0 Å². The summed E-state index contributed by atoms with van der Waals surface area (Å²) in [4.78, 5) is 21.4. The zero-order valence-electron chi connectivity index (χ0n) is 7.98. The van der Waals surface area contributed by atoms with Crippen molar-refractivity contribution in [1.29, 1.82) is 0 Å². The Morgan fingerprint density at radius 1 is 1.36 bits per heavy atom. The second kappa shape index (κ2) is 4.41. The third-order valence-corrected chi connectivity index (χ3v) is 2.66. The number of carbonyl (C=O) groups is 2. The minimum Gasteiger partial charge on any atom is -0.480 e. The SMILES string of the molecule is NC(=O)C(CCC(N)C(=O)O)C1CC1. The molecular weight excluding hydrogens is 184 g/mol. The monoisotopic (exact) mass is 200 g/mol. The highest BCUT2D eigenvalue weighted by Crippen LogP contribution is 2.38. The highest BCUT2D eigenvalue weighted by atomic mass is 16.4. The van der Waals surface area contributed by atoms with Crippen molar-refractivity contribution in [3.05, 3.63) is 0 Å². The Morgan fingerprint density at radius 2 is 1.93 bits per heavy atom. The maximum atomic E-state index is 11.0. The van der Waals surface area contributed by atoms with E-state index in [-0.39, 0.29) is 11.8 Å². The summed E-state index contributed by atoms with van der Waals surface area (Å²) < 4.78 is 0.